The molecule has 0 spiro atoms. The molecule has 1 aliphatic heterocycles. The van der Waals surface area contributed by atoms with Gasteiger partial charge in [0.05, 0.1) is 16.6 Å². The third-order valence-corrected chi connectivity index (χ3v) is 5.46. The smallest absolute Gasteiger partial charge is 0.255 e. The fourth-order valence-corrected chi connectivity index (χ4v) is 4.30. The van der Waals surface area contributed by atoms with Gasteiger partial charge in [0.1, 0.15) is 10.9 Å². The summed E-state index contributed by atoms with van der Waals surface area (Å²) in [4.78, 5) is 28.3. The minimum absolute atomic E-state index is 0.132. The van der Waals surface area contributed by atoms with E-state index in [0.717, 1.165) is 17.3 Å². The van der Waals surface area contributed by atoms with Gasteiger partial charge in [-0.25, -0.2) is 4.98 Å². The second kappa shape index (κ2) is 8.36. The van der Waals surface area contributed by atoms with Crippen molar-refractivity contribution < 1.29 is 19.1 Å². The normalized spacial score (nSPS) is 18.1. The van der Waals surface area contributed by atoms with Crippen molar-refractivity contribution in [2.45, 2.75) is 12.8 Å². The molecule has 1 aromatic carbocycles. The van der Waals surface area contributed by atoms with Crippen molar-refractivity contribution in [2.24, 2.45) is 5.73 Å². The van der Waals surface area contributed by atoms with Crippen molar-refractivity contribution >= 4 is 45.9 Å². The molecule has 3 rings (SSSR count). The molecule has 2 aromatic rings. The van der Waals surface area contributed by atoms with Gasteiger partial charge in [-0.2, -0.15) is 0 Å². The first-order valence-electron chi connectivity index (χ1n) is 8.09. The van der Waals surface area contributed by atoms with Crippen molar-refractivity contribution in [3.05, 3.63) is 45.3 Å². The van der Waals surface area contributed by atoms with E-state index in [9.17, 15) is 9.59 Å². The topological polar surface area (TPSA) is 115 Å². The van der Waals surface area contributed by atoms with Crippen molar-refractivity contribution in [1.82, 2.24) is 4.98 Å². The van der Waals surface area contributed by atoms with Crippen molar-refractivity contribution in [1.29, 1.82) is 5.41 Å². The molecule has 1 fully saturated rings. The van der Waals surface area contributed by atoms with Gasteiger partial charge in [-0.3, -0.25) is 15.0 Å². The van der Waals surface area contributed by atoms with Crippen LogP contribution in [0.5, 0.6) is 11.5 Å². The maximum atomic E-state index is 12.7. The lowest BCUT2D eigenvalue weighted by Gasteiger charge is -2.11. The Hall–Kier alpha value is -2.65. The maximum absolute atomic E-state index is 12.7. The molecule has 0 unspecified atom stereocenters. The first-order valence-corrected chi connectivity index (χ1v) is 9.78. The number of nitrogens with two attached hydrogens (primary N) is 1. The minimum atomic E-state index is -0.620. The van der Waals surface area contributed by atoms with E-state index in [1.54, 1.807) is 35.9 Å². The van der Waals surface area contributed by atoms with Gasteiger partial charge in [-0.15, -0.1) is 11.3 Å². The van der Waals surface area contributed by atoms with Gasteiger partial charge in [0.25, 0.3) is 5.91 Å². The molecule has 0 saturated carbocycles. The number of Topliss-reactive ketones (excluding diaryl/α,β-unsaturated/α-hetero) is 1. The number of amides is 1. The number of hydrogen-bond acceptors (Lipinski definition) is 8. The lowest BCUT2D eigenvalue weighted by molar-refractivity contribution is -0.120. The van der Waals surface area contributed by atoms with E-state index >= 15 is 0 Å². The van der Waals surface area contributed by atoms with Gasteiger partial charge >= 0.3 is 0 Å². The number of rotatable bonds is 7. The Labute approximate surface area is 164 Å². The number of allylic oxidation sites excluding steroid dienone is 1. The molecule has 9 heteroatoms. The summed E-state index contributed by atoms with van der Waals surface area (Å²) < 4.78 is 10.9. The third-order valence-electron chi connectivity index (χ3n) is 3.62. The van der Waals surface area contributed by atoms with Gasteiger partial charge in [-0.05, 0) is 30.7 Å². The van der Waals surface area contributed by atoms with Gasteiger partial charge in [0, 0.05) is 11.6 Å². The Kier molecular flexibility index (Phi) is 5.92. The highest BCUT2D eigenvalue weighted by molar-refractivity contribution is 8.19. The predicted octanol–water partition coefficient (Wildman–Crippen LogP) is 2.82. The van der Waals surface area contributed by atoms with Gasteiger partial charge in [-0.1, -0.05) is 17.8 Å². The fourth-order valence-electron chi connectivity index (χ4n) is 2.49. The number of carbonyl (C=O) groups excluding carboxylic acids is 2. The van der Waals surface area contributed by atoms with Crippen LogP contribution < -0.4 is 15.2 Å². The second-order valence-corrected chi connectivity index (χ2v) is 7.55. The van der Waals surface area contributed by atoms with Crippen molar-refractivity contribution in [2.75, 3.05) is 13.2 Å². The molecule has 0 aliphatic carbocycles. The monoisotopic (exact) mass is 403 g/mol. The molecule has 1 aliphatic rings. The van der Waals surface area contributed by atoms with Crippen LogP contribution in [0.4, 0.5) is 0 Å². The van der Waals surface area contributed by atoms with E-state index in [4.69, 9.17) is 20.6 Å². The summed E-state index contributed by atoms with van der Waals surface area (Å²) >= 11 is 2.51. The molecule has 1 amide bonds. The number of hydrogen-bond donors (Lipinski definition) is 2. The van der Waals surface area contributed by atoms with Crippen LogP contribution in [0, 0.1) is 5.41 Å². The van der Waals surface area contributed by atoms with Crippen LogP contribution in [0.2, 0.25) is 0 Å². The number of benzene rings is 1. The van der Waals surface area contributed by atoms with E-state index < -0.39 is 11.8 Å². The van der Waals surface area contributed by atoms with E-state index in [2.05, 4.69) is 4.98 Å². The summed E-state index contributed by atoms with van der Waals surface area (Å²) in [5, 5.41) is 10.8. The number of nitrogens with one attached hydrogen (secondary N) is 1. The predicted molar refractivity (Wildman–Crippen MR) is 105 cm³/mol. The largest absolute Gasteiger partial charge is 0.490 e. The minimum Gasteiger partial charge on any atom is -0.490 e. The zero-order valence-corrected chi connectivity index (χ0v) is 16.1. The number of ether oxygens (including phenoxy) is 2. The molecule has 1 atom stereocenters. The lowest BCUT2D eigenvalue weighted by Crippen LogP contribution is -2.20. The molecule has 1 saturated heterocycles. The maximum Gasteiger partial charge on any atom is 0.255 e. The van der Waals surface area contributed by atoms with Crippen molar-refractivity contribution in [3.63, 3.8) is 0 Å². The van der Waals surface area contributed by atoms with Crippen LogP contribution in [-0.4, -0.2) is 34.9 Å². The molecule has 3 N–H and O–H groups in total. The molecule has 1 aromatic heterocycles. The number of aromatic nitrogens is 1. The van der Waals surface area contributed by atoms with Gasteiger partial charge in [0.15, 0.2) is 23.9 Å². The molecule has 2 heterocycles. The fraction of sp³-hybridized carbons (Fsp3) is 0.222. The molecule has 27 heavy (non-hydrogen) atoms. The Balaban J connectivity index is 1.86. The van der Waals surface area contributed by atoms with Crippen LogP contribution in [0.25, 0.3) is 6.08 Å². The molecule has 0 bridgehead atoms. The first kappa shape index (κ1) is 19.1. The van der Waals surface area contributed by atoms with E-state index in [0.29, 0.717) is 28.0 Å². The quantitative estimate of drug-likeness (QED) is 0.687. The third kappa shape index (κ3) is 4.37. The summed E-state index contributed by atoms with van der Waals surface area (Å²) in [7, 11) is 0. The first-order chi connectivity index (χ1) is 13.0. The number of carbonyl (C=O) groups is 2. The molecule has 7 nitrogen and oxygen atoms in total. The lowest BCUT2D eigenvalue weighted by atomic mass is 10.0. The van der Waals surface area contributed by atoms with E-state index in [1.165, 1.54) is 11.3 Å². The molecule has 140 valence electrons. The Morgan fingerprint density at radius 2 is 2.19 bits per heavy atom. The second-order valence-electron chi connectivity index (χ2n) is 5.54. The highest BCUT2D eigenvalue weighted by atomic mass is 32.2. The van der Waals surface area contributed by atoms with Crippen LogP contribution in [0.3, 0.4) is 0 Å². The SMILES string of the molecule is CCOc1cc(/C=C2\SC(=N)[C@@H](c3nccs3)C2=O)ccc1OCC(N)=O. The number of nitrogens with zero attached hydrogens (tertiary/aromatic N) is 1. The molecular weight excluding hydrogens is 386 g/mol. The van der Waals surface area contributed by atoms with Gasteiger partial charge in [0.2, 0.25) is 0 Å². The van der Waals surface area contributed by atoms with E-state index in [-0.39, 0.29) is 17.4 Å². The number of thioether (sulfide) groups is 1. The number of thiazole rings is 1. The average molecular weight is 403 g/mol. The Morgan fingerprint density at radius 1 is 1.37 bits per heavy atom. The summed E-state index contributed by atoms with van der Waals surface area (Å²) in [6.45, 7) is 2.00. The van der Waals surface area contributed by atoms with Crippen molar-refractivity contribution in [3.8, 4) is 11.5 Å². The van der Waals surface area contributed by atoms with Crippen LogP contribution in [-0.2, 0) is 9.59 Å². The summed E-state index contributed by atoms with van der Waals surface area (Å²) in [5.74, 6) is -0.479. The summed E-state index contributed by atoms with van der Waals surface area (Å²) in [6.07, 6.45) is 3.35. The Bertz CT molecular complexity index is 909. The van der Waals surface area contributed by atoms with Crippen LogP contribution in [0.15, 0.2) is 34.7 Å². The highest BCUT2D eigenvalue weighted by Gasteiger charge is 2.38. The average Bonchev–Trinajstić information content (AvgIpc) is 3.23. The standard InChI is InChI=1S/C18H17N3O4S2/c1-2-24-12-7-10(3-4-11(12)25-9-14(19)22)8-13-16(23)15(17(20)27-13)18-21-5-6-26-18/h3-8,15,20H,2,9H2,1H3,(H2,19,22)/b13-8-,20-17?/t15-/m0/s1. The molecule has 0 radical (unpaired) electrons. The summed E-state index contributed by atoms with van der Waals surface area (Å²) in [6, 6.07) is 5.13. The van der Waals surface area contributed by atoms with Crippen LogP contribution in [0.1, 0.15) is 23.4 Å². The Morgan fingerprint density at radius 3 is 2.85 bits per heavy atom. The highest BCUT2D eigenvalue weighted by Crippen LogP contribution is 2.41. The molecular formula is C18H17N3O4S2. The zero-order valence-electron chi connectivity index (χ0n) is 14.4. The number of ketones is 1. The van der Waals surface area contributed by atoms with Gasteiger partial charge < -0.3 is 15.2 Å². The number of primary amides is 1. The zero-order chi connectivity index (χ0) is 19.4. The van der Waals surface area contributed by atoms with E-state index in [1.807, 2.05) is 6.92 Å². The van der Waals surface area contributed by atoms with Crippen LogP contribution >= 0.6 is 23.1 Å². The summed E-state index contributed by atoms with van der Waals surface area (Å²) in [5.41, 5.74) is 5.84.